The summed E-state index contributed by atoms with van der Waals surface area (Å²) in [6, 6.07) is 3.38. The average Bonchev–Trinajstić information content (AvgIpc) is 2.91. The van der Waals surface area contributed by atoms with Crippen LogP contribution in [0.4, 0.5) is 23.2 Å². The van der Waals surface area contributed by atoms with Crippen molar-refractivity contribution in [2.45, 2.75) is 19.4 Å². The highest BCUT2D eigenvalue weighted by molar-refractivity contribution is 7.10. The summed E-state index contributed by atoms with van der Waals surface area (Å²) in [4.78, 5) is 0.839. The van der Waals surface area contributed by atoms with Crippen LogP contribution in [0.15, 0.2) is 23.6 Å². The number of hydrogen-bond donors (Lipinski definition) is 1. The highest BCUT2D eigenvalue weighted by atomic mass is 32.1. The molecule has 0 aliphatic heterocycles. The van der Waals surface area contributed by atoms with E-state index < -0.39 is 35.0 Å². The third-order valence-corrected chi connectivity index (χ3v) is 3.71. The summed E-state index contributed by atoms with van der Waals surface area (Å²) in [6.45, 7) is 1.81. The van der Waals surface area contributed by atoms with Crippen LogP contribution in [0.3, 0.4) is 0 Å². The molecule has 1 atom stereocenters. The van der Waals surface area contributed by atoms with Gasteiger partial charge in [0.2, 0.25) is 0 Å². The molecule has 102 valence electrons. The first kappa shape index (κ1) is 13.9. The van der Waals surface area contributed by atoms with Gasteiger partial charge in [0, 0.05) is 10.9 Å². The monoisotopic (exact) mass is 289 g/mol. The molecule has 2 aromatic rings. The van der Waals surface area contributed by atoms with E-state index in [0.717, 1.165) is 4.88 Å². The molecule has 0 saturated carbocycles. The second-order valence-electron chi connectivity index (χ2n) is 3.96. The van der Waals surface area contributed by atoms with Crippen LogP contribution in [-0.2, 0) is 0 Å². The Balaban J connectivity index is 2.37. The second-order valence-corrected chi connectivity index (χ2v) is 4.94. The predicted molar refractivity (Wildman–Crippen MR) is 67.2 cm³/mol. The molecule has 0 aliphatic rings. The Labute approximate surface area is 111 Å². The van der Waals surface area contributed by atoms with Gasteiger partial charge in [0.25, 0.3) is 0 Å². The van der Waals surface area contributed by atoms with Gasteiger partial charge in [-0.2, -0.15) is 0 Å². The lowest BCUT2D eigenvalue weighted by molar-refractivity contribution is 0.456. The van der Waals surface area contributed by atoms with Gasteiger partial charge in [-0.15, -0.1) is 11.3 Å². The van der Waals surface area contributed by atoms with Gasteiger partial charge in [-0.05, 0) is 17.9 Å². The van der Waals surface area contributed by atoms with E-state index in [1.54, 1.807) is 12.1 Å². The Kier molecular flexibility index (Phi) is 4.09. The van der Waals surface area contributed by atoms with Crippen molar-refractivity contribution < 1.29 is 17.6 Å². The van der Waals surface area contributed by atoms with Gasteiger partial charge in [0.05, 0.1) is 6.04 Å². The molecule has 6 heteroatoms. The van der Waals surface area contributed by atoms with E-state index >= 15 is 0 Å². The van der Waals surface area contributed by atoms with Crippen LogP contribution < -0.4 is 5.32 Å². The van der Waals surface area contributed by atoms with Crippen LogP contribution in [0.5, 0.6) is 0 Å². The largest absolute Gasteiger partial charge is 0.373 e. The summed E-state index contributed by atoms with van der Waals surface area (Å²) >= 11 is 1.40. The van der Waals surface area contributed by atoms with E-state index in [1.807, 2.05) is 12.3 Å². The molecule has 1 N–H and O–H groups in total. The maximum Gasteiger partial charge on any atom is 0.185 e. The van der Waals surface area contributed by atoms with Gasteiger partial charge in [-0.25, -0.2) is 17.6 Å². The standard InChI is InChI=1S/C13H11F4NS/c1-2-9(10-4-3-5-19-10)18-13-11(16)7(14)6-8(15)12(13)17/h3-6,9,18H,2H2,1H3. The minimum absolute atomic E-state index is 0.196. The van der Waals surface area contributed by atoms with E-state index in [1.165, 1.54) is 11.3 Å². The average molecular weight is 289 g/mol. The van der Waals surface area contributed by atoms with Crippen LogP contribution in [0, 0.1) is 23.3 Å². The summed E-state index contributed by atoms with van der Waals surface area (Å²) in [5, 5.41) is 4.35. The van der Waals surface area contributed by atoms with E-state index in [0.29, 0.717) is 6.42 Å². The van der Waals surface area contributed by atoms with Gasteiger partial charge in [-0.3, -0.25) is 0 Å². The molecule has 0 bridgehead atoms. The van der Waals surface area contributed by atoms with Crippen molar-refractivity contribution in [2.75, 3.05) is 5.32 Å². The fourth-order valence-electron chi connectivity index (χ4n) is 1.74. The Morgan fingerprint density at radius 2 is 1.79 bits per heavy atom. The zero-order valence-corrected chi connectivity index (χ0v) is 10.8. The van der Waals surface area contributed by atoms with Gasteiger partial charge in [0.1, 0.15) is 5.69 Å². The number of hydrogen-bond acceptors (Lipinski definition) is 2. The first-order chi connectivity index (χ1) is 9.04. The van der Waals surface area contributed by atoms with E-state index in [9.17, 15) is 17.6 Å². The summed E-state index contributed by atoms with van der Waals surface area (Å²) in [5.41, 5.74) is -0.766. The number of nitrogens with one attached hydrogen (secondary N) is 1. The number of anilines is 1. The number of thiophene rings is 1. The fourth-order valence-corrected chi connectivity index (χ4v) is 2.60. The van der Waals surface area contributed by atoms with Crippen molar-refractivity contribution in [3.05, 3.63) is 51.7 Å². The molecule has 0 fully saturated rings. The summed E-state index contributed by atoms with van der Waals surface area (Å²) in [5.74, 6) is -5.65. The Morgan fingerprint density at radius 1 is 1.16 bits per heavy atom. The zero-order chi connectivity index (χ0) is 14.0. The molecule has 0 spiro atoms. The summed E-state index contributed by atoms with van der Waals surface area (Å²) in [7, 11) is 0. The van der Waals surface area contributed by atoms with Crippen LogP contribution in [0.25, 0.3) is 0 Å². The molecule has 0 amide bonds. The van der Waals surface area contributed by atoms with E-state index in [2.05, 4.69) is 5.32 Å². The molecule has 19 heavy (non-hydrogen) atoms. The molecular formula is C13H11F4NS. The maximum atomic E-state index is 13.5. The molecule has 2 rings (SSSR count). The summed E-state index contributed by atoms with van der Waals surface area (Å²) in [6.07, 6.45) is 0.525. The molecule has 1 unspecified atom stereocenters. The van der Waals surface area contributed by atoms with Crippen molar-refractivity contribution in [2.24, 2.45) is 0 Å². The van der Waals surface area contributed by atoms with E-state index in [-0.39, 0.29) is 6.07 Å². The Morgan fingerprint density at radius 3 is 2.26 bits per heavy atom. The molecule has 1 aromatic heterocycles. The highest BCUT2D eigenvalue weighted by Crippen LogP contribution is 2.31. The van der Waals surface area contributed by atoms with E-state index in [4.69, 9.17) is 0 Å². The van der Waals surface area contributed by atoms with Crippen LogP contribution in [0.1, 0.15) is 24.3 Å². The quantitative estimate of drug-likeness (QED) is 0.625. The van der Waals surface area contributed by atoms with Gasteiger partial charge >= 0.3 is 0 Å². The number of rotatable bonds is 4. The Bertz CT molecular complexity index is 542. The minimum atomic E-state index is -1.41. The minimum Gasteiger partial charge on any atom is -0.373 e. The van der Waals surface area contributed by atoms with Crippen LogP contribution in [0.2, 0.25) is 0 Å². The topological polar surface area (TPSA) is 12.0 Å². The third-order valence-electron chi connectivity index (χ3n) is 2.73. The fraction of sp³-hybridized carbons (Fsp3) is 0.231. The first-order valence-corrected chi connectivity index (χ1v) is 6.55. The zero-order valence-electron chi connectivity index (χ0n) is 10.0. The lowest BCUT2D eigenvalue weighted by Gasteiger charge is -2.18. The van der Waals surface area contributed by atoms with Crippen molar-refractivity contribution in [1.29, 1.82) is 0 Å². The van der Waals surface area contributed by atoms with Crippen LogP contribution >= 0.6 is 11.3 Å². The van der Waals surface area contributed by atoms with Crippen molar-refractivity contribution in [3.8, 4) is 0 Å². The lowest BCUT2D eigenvalue weighted by atomic mass is 10.1. The van der Waals surface area contributed by atoms with Gasteiger partial charge in [-0.1, -0.05) is 13.0 Å². The molecule has 0 aliphatic carbocycles. The van der Waals surface area contributed by atoms with Gasteiger partial charge < -0.3 is 5.32 Å². The van der Waals surface area contributed by atoms with Crippen molar-refractivity contribution in [3.63, 3.8) is 0 Å². The SMILES string of the molecule is CCC(Nc1c(F)c(F)cc(F)c1F)c1cccs1. The molecule has 1 heterocycles. The smallest absolute Gasteiger partial charge is 0.185 e. The maximum absolute atomic E-state index is 13.5. The molecule has 0 radical (unpaired) electrons. The van der Waals surface area contributed by atoms with Crippen LogP contribution in [-0.4, -0.2) is 0 Å². The molecular weight excluding hydrogens is 278 g/mol. The summed E-state index contributed by atoms with van der Waals surface area (Å²) < 4.78 is 53.3. The normalized spacial score (nSPS) is 12.5. The number of benzene rings is 1. The highest BCUT2D eigenvalue weighted by Gasteiger charge is 2.22. The predicted octanol–water partition coefficient (Wildman–Crippen LogP) is 4.87. The van der Waals surface area contributed by atoms with Gasteiger partial charge in [0.15, 0.2) is 23.3 Å². The first-order valence-electron chi connectivity index (χ1n) is 5.67. The second kappa shape index (κ2) is 5.61. The molecule has 0 saturated heterocycles. The lowest BCUT2D eigenvalue weighted by Crippen LogP contribution is -2.12. The van der Waals surface area contributed by atoms with Crippen molar-refractivity contribution in [1.82, 2.24) is 0 Å². The van der Waals surface area contributed by atoms with Crippen molar-refractivity contribution >= 4 is 17.0 Å². The number of halogens is 4. The Hall–Kier alpha value is -1.56. The molecule has 1 aromatic carbocycles. The third kappa shape index (κ3) is 2.73. The molecule has 1 nitrogen and oxygen atoms in total.